The minimum Gasteiger partial charge on any atom is -0.386 e. The van der Waals surface area contributed by atoms with Gasteiger partial charge in [-0.15, -0.1) is 0 Å². The Morgan fingerprint density at radius 2 is 1.76 bits per heavy atom. The van der Waals surface area contributed by atoms with Crippen LogP contribution < -0.4 is 5.73 Å². The van der Waals surface area contributed by atoms with Crippen LogP contribution in [0.5, 0.6) is 0 Å². The normalized spacial score (nSPS) is 24.8. The third-order valence-corrected chi connectivity index (χ3v) is 7.19. The second-order valence-corrected chi connectivity index (χ2v) is 8.33. The van der Waals surface area contributed by atoms with Gasteiger partial charge in [-0.1, -0.05) is 26.2 Å². The lowest BCUT2D eigenvalue weighted by Crippen LogP contribution is -2.56. The number of hydrogen-bond donors (Lipinski definition) is 2. The molecule has 1 saturated heterocycles. The molecule has 2 fully saturated rings. The molecule has 0 aromatic rings. The van der Waals surface area contributed by atoms with Crippen LogP contribution in [0, 0.1) is 5.41 Å². The molecule has 0 amide bonds. The van der Waals surface area contributed by atoms with Crippen molar-refractivity contribution < 1.29 is 8.42 Å². The molecule has 1 aliphatic carbocycles. The lowest BCUT2D eigenvalue weighted by Gasteiger charge is -2.39. The van der Waals surface area contributed by atoms with Gasteiger partial charge in [0, 0.05) is 26.2 Å². The zero-order valence-electron chi connectivity index (χ0n) is 12.9. The Morgan fingerprint density at radius 1 is 1.19 bits per heavy atom. The SMILES string of the molecule is CCC(C(=N)N)N1CCN(S(=O)(=O)C2CCCCC2)CC1. The first-order valence-corrected chi connectivity index (χ1v) is 9.54. The number of sulfonamides is 1. The van der Waals surface area contributed by atoms with Crippen LogP contribution in [-0.2, 0) is 10.0 Å². The maximum absolute atomic E-state index is 12.7. The van der Waals surface area contributed by atoms with Crippen molar-refractivity contribution in [1.82, 2.24) is 9.21 Å². The van der Waals surface area contributed by atoms with Crippen molar-refractivity contribution in [2.24, 2.45) is 5.73 Å². The van der Waals surface area contributed by atoms with Crippen LogP contribution in [0.1, 0.15) is 45.4 Å². The zero-order chi connectivity index (χ0) is 15.5. The van der Waals surface area contributed by atoms with E-state index >= 15 is 0 Å². The summed E-state index contributed by atoms with van der Waals surface area (Å²) in [6, 6.07) is -0.0514. The molecule has 3 N–H and O–H groups in total. The maximum atomic E-state index is 12.7. The van der Waals surface area contributed by atoms with Crippen LogP contribution in [0.25, 0.3) is 0 Å². The summed E-state index contributed by atoms with van der Waals surface area (Å²) in [6.45, 7) is 4.41. The van der Waals surface area contributed by atoms with E-state index in [1.807, 2.05) is 6.92 Å². The third-order valence-electron chi connectivity index (χ3n) is 4.79. The third kappa shape index (κ3) is 3.76. The van der Waals surface area contributed by atoms with Gasteiger partial charge in [-0.05, 0) is 19.3 Å². The van der Waals surface area contributed by atoms with Gasteiger partial charge in [-0.3, -0.25) is 10.3 Å². The zero-order valence-corrected chi connectivity index (χ0v) is 13.7. The Balaban J connectivity index is 1.95. The summed E-state index contributed by atoms with van der Waals surface area (Å²) in [5, 5.41) is 7.45. The lowest BCUT2D eigenvalue weighted by atomic mass is 10.0. The first kappa shape index (κ1) is 16.7. The van der Waals surface area contributed by atoms with Crippen LogP contribution in [0.2, 0.25) is 0 Å². The van der Waals surface area contributed by atoms with Crippen molar-refractivity contribution in [1.29, 1.82) is 5.41 Å². The summed E-state index contributed by atoms with van der Waals surface area (Å²) < 4.78 is 27.0. The summed E-state index contributed by atoms with van der Waals surface area (Å²) in [5.41, 5.74) is 5.63. The van der Waals surface area contributed by atoms with Gasteiger partial charge < -0.3 is 5.73 Å². The Labute approximate surface area is 128 Å². The molecule has 21 heavy (non-hydrogen) atoms. The molecule has 1 unspecified atom stereocenters. The molecule has 1 atom stereocenters. The Morgan fingerprint density at radius 3 is 2.24 bits per heavy atom. The van der Waals surface area contributed by atoms with Crippen molar-refractivity contribution in [3.8, 4) is 0 Å². The molecule has 0 aromatic heterocycles. The molecule has 0 radical (unpaired) electrons. The monoisotopic (exact) mass is 316 g/mol. The van der Waals surface area contributed by atoms with E-state index in [2.05, 4.69) is 4.90 Å². The van der Waals surface area contributed by atoms with Gasteiger partial charge in [0.1, 0.15) is 5.84 Å². The fourth-order valence-corrected chi connectivity index (χ4v) is 5.54. The van der Waals surface area contributed by atoms with E-state index in [4.69, 9.17) is 11.1 Å². The number of rotatable bonds is 5. The Kier molecular flexibility index (Phi) is 5.62. The van der Waals surface area contributed by atoms with Crippen LogP contribution >= 0.6 is 0 Å². The summed E-state index contributed by atoms with van der Waals surface area (Å²) >= 11 is 0. The number of nitrogens with zero attached hydrogens (tertiary/aromatic N) is 2. The molecule has 2 aliphatic rings. The van der Waals surface area contributed by atoms with E-state index in [1.165, 1.54) is 0 Å². The highest BCUT2D eigenvalue weighted by molar-refractivity contribution is 7.89. The highest BCUT2D eigenvalue weighted by atomic mass is 32.2. The molecule has 0 aromatic carbocycles. The quantitative estimate of drug-likeness (QED) is 0.584. The molecule has 122 valence electrons. The van der Waals surface area contributed by atoms with Crippen molar-refractivity contribution in [2.45, 2.75) is 56.7 Å². The number of amidine groups is 1. The second kappa shape index (κ2) is 7.07. The minimum absolute atomic E-state index is 0.0514. The van der Waals surface area contributed by atoms with Gasteiger partial charge in [-0.2, -0.15) is 4.31 Å². The van der Waals surface area contributed by atoms with E-state index in [0.717, 1.165) is 38.5 Å². The van der Waals surface area contributed by atoms with E-state index in [0.29, 0.717) is 26.2 Å². The minimum atomic E-state index is -3.14. The molecule has 0 bridgehead atoms. The predicted octanol–water partition coefficient (Wildman–Crippen LogP) is 0.981. The van der Waals surface area contributed by atoms with E-state index in [1.54, 1.807) is 4.31 Å². The number of nitrogens with one attached hydrogen (secondary N) is 1. The molecule has 0 spiro atoms. The average Bonchev–Trinajstić information content (AvgIpc) is 2.49. The molecular weight excluding hydrogens is 288 g/mol. The van der Waals surface area contributed by atoms with Crippen LogP contribution in [0.4, 0.5) is 0 Å². The van der Waals surface area contributed by atoms with Crippen molar-refractivity contribution >= 4 is 15.9 Å². The summed E-state index contributed by atoms with van der Waals surface area (Å²) in [4.78, 5) is 2.13. The van der Waals surface area contributed by atoms with Crippen molar-refractivity contribution in [2.75, 3.05) is 26.2 Å². The molecule has 2 rings (SSSR count). The van der Waals surface area contributed by atoms with Gasteiger partial charge in [0.15, 0.2) is 0 Å². The Bertz CT molecular complexity index is 452. The highest BCUT2D eigenvalue weighted by Gasteiger charge is 2.35. The van der Waals surface area contributed by atoms with Gasteiger partial charge >= 0.3 is 0 Å². The molecule has 7 heteroatoms. The number of piperazine rings is 1. The van der Waals surface area contributed by atoms with E-state index in [-0.39, 0.29) is 17.1 Å². The maximum Gasteiger partial charge on any atom is 0.217 e. The highest BCUT2D eigenvalue weighted by Crippen LogP contribution is 2.27. The molecule has 1 saturated carbocycles. The van der Waals surface area contributed by atoms with Gasteiger partial charge in [0.25, 0.3) is 0 Å². The Hall–Kier alpha value is -0.660. The summed E-state index contributed by atoms with van der Waals surface area (Å²) in [5.74, 6) is 0.182. The van der Waals surface area contributed by atoms with E-state index in [9.17, 15) is 8.42 Å². The number of hydrogen-bond acceptors (Lipinski definition) is 4. The average molecular weight is 316 g/mol. The first-order chi connectivity index (χ1) is 9.96. The van der Waals surface area contributed by atoms with Crippen LogP contribution in [0.3, 0.4) is 0 Å². The topological polar surface area (TPSA) is 90.5 Å². The molecular formula is C14H28N4O2S. The lowest BCUT2D eigenvalue weighted by molar-refractivity contribution is 0.162. The van der Waals surface area contributed by atoms with Crippen LogP contribution in [-0.4, -0.2) is 60.9 Å². The standard InChI is InChI=1S/C14H28N4O2S/c1-2-13(14(15)16)17-8-10-18(11-9-17)21(19,20)12-6-4-3-5-7-12/h12-13H,2-11H2,1H3,(H3,15,16). The fourth-order valence-electron chi connectivity index (χ4n) is 3.52. The van der Waals surface area contributed by atoms with Crippen molar-refractivity contribution in [3.63, 3.8) is 0 Å². The molecule has 1 heterocycles. The predicted molar refractivity (Wildman–Crippen MR) is 84.9 cm³/mol. The van der Waals surface area contributed by atoms with E-state index < -0.39 is 10.0 Å². The van der Waals surface area contributed by atoms with Gasteiger partial charge in [0.2, 0.25) is 10.0 Å². The van der Waals surface area contributed by atoms with Gasteiger partial charge in [0.05, 0.1) is 11.3 Å². The second-order valence-electron chi connectivity index (χ2n) is 6.12. The van der Waals surface area contributed by atoms with Crippen LogP contribution in [0.15, 0.2) is 0 Å². The largest absolute Gasteiger partial charge is 0.386 e. The van der Waals surface area contributed by atoms with Crippen molar-refractivity contribution in [3.05, 3.63) is 0 Å². The number of nitrogens with two attached hydrogens (primary N) is 1. The smallest absolute Gasteiger partial charge is 0.217 e. The first-order valence-electron chi connectivity index (χ1n) is 8.03. The summed E-state index contributed by atoms with van der Waals surface area (Å²) in [7, 11) is -3.14. The fraction of sp³-hybridized carbons (Fsp3) is 0.929. The molecule has 6 nitrogen and oxygen atoms in total. The van der Waals surface area contributed by atoms with Gasteiger partial charge in [-0.25, -0.2) is 8.42 Å². The summed E-state index contributed by atoms with van der Waals surface area (Å²) in [6.07, 6.45) is 5.65. The molecule has 1 aliphatic heterocycles.